The van der Waals surface area contributed by atoms with Gasteiger partial charge in [0.05, 0.1) is 29.3 Å². The first kappa shape index (κ1) is 24.0. The Morgan fingerprint density at radius 2 is 1.91 bits per heavy atom. The number of pyridine rings is 2. The Morgan fingerprint density at radius 3 is 2.63 bits per heavy atom. The molecule has 0 saturated carbocycles. The highest BCUT2D eigenvalue weighted by Gasteiger charge is 2.20. The van der Waals surface area contributed by atoms with E-state index in [0.29, 0.717) is 29.1 Å². The Bertz CT molecular complexity index is 1380. The Labute approximate surface area is 204 Å². The van der Waals surface area contributed by atoms with Crippen LogP contribution in [-0.4, -0.2) is 37.3 Å². The fraction of sp³-hybridized carbons (Fsp3) is 0.346. The van der Waals surface area contributed by atoms with Crippen LogP contribution in [0.15, 0.2) is 42.7 Å². The highest BCUT2D eigenvalue weighted by Crippen LogP contribution is 2.34. The number of hydrogen-bond acceptors (Lipinski definition) is 8. The van der Waals surface area contributed by atoms with Gasteiger partial charge in [0.2, 0.25) is 5.88 Å². The summed E-state index contributed by atoms with van der Waals surface area (Å²) < 4.78 is 13.6. The van der Waals surface area contributed by atoms with Crippen molar-refractivity contribution >= 4 is 17.2 Å². The summed E-state index contributed by atoms with van der Waals surface area (Å²) in [5.41, 5.74) is 2.88. The molecule has 0 aromatic carbocycles. The first-order valence-corrected chi connectivity index (χ1v) is 11.4. The second-order valence-corrected chi connectivity index (χ2v) is 9.35. The van der Waals surface area contributed by atoms with Crippen molar-refractivity contribution < 1.29 is 9.47 Å². The Hall–Kier alpha value is -4.19. The van der Waals surface area contributed by atoms with Gasteiger partial charge in [0, 0.05) is 35.7 Å². The second kappa shape index (κ2) is 9.58. The molecular formula is C26H29N7O2. The van der Waals surface area contributed by atoms with E-state index in [9.17, 15) is 5.26 Å². The van der Waals surface area contributed by atoms with E-state index >= 15 is 0 Å². The number of anilines is 2. The SMILES string of the molecule is Cc1cc(Nc2cc3cc(-c4cc(OC(C)C)ncc4OCC(C)(C)C#N)ccn3n2)nc(C)n1. The van der Waals surface area contributed by atoms with Gasteiger partial charge in [-0.05, 0) is 59.2 Å². The van der Waals surface area contributed by atoms with Gasteiger partial charge in [-0.2, -0.15) is 10.4 Å². The predicted molar refractivity (Wildman–Crippen MR) is 134 cm³/mol. The molecule has 4 rings (SSSR count). The fourth-order valence-corrected chi connectivity index (χ4v) is 3.50. The van der Waals surface area contributed by atoms with Crippen LogP contribution >= 0.6 is 0 Å². The number of aryl methyl sites for hydroxylation is 2. The van der Waals surface area contributed by atoms with Crippen LogP contribution in [0, 0.1) is 30.6 Å². The van der Waals surface area contributed by atoms with Crippen LogP contribution < -0.4 is 14.8 Å². The Morgan fingerprint density at radius 1 is 1.11 bits per heavy atom. The number of aromatic nitrogens is 5. The molecule has 180 valence electrons. The predicted octanol–water partition coefficient (Wildman–Crippen LogP) is 5.26. The molecule has 0 fully saturated rings. The van der Waals surface area contributed by atoms with Crippen LogP contribution in [0.3, 0.4) is 0 Å². The zero-order valence-corrected chi connectivity index (χ0v) is 20.8. The van der Waals surface area contributed by atoms with Gasteiger partial charge in [-0.3, -0.25) is 0 Å². The number of ether oxygens (including phenoxy) is 2. The van der Waals surface area contributed by atoms with Crippen molar-refractivity contribution in [3.05, 3.63) is 54.2 Å². The van der Waals surface area contributed by atoms with Crippen LogP contribution in [0.4, 0.5) is 11.6 Å². The van der Waals surface area contributed by atoms with Crippen LogP contribution in [-0.2, 0) is 0 Å². The van der Waals surface area contributed by atoms with Crippen molar-refractivity contribution in [2.24, 2.45) is 5.41 Å². The Kier molecular flexibility index (Phi) is 6.56. The lowest BCUT2D eigenvalue weighted by Crippen LogP contribution is -2.19. The molecule has 0 aliphatic rings. The van der Waals surface area contributed by atoms with E-state index in [1.165, 1.54) is 0 Å². The smallest absolute Gasteiger partial charge is 0.214 e. The summed E-state index contributed by atoms with van der Waals surface area (Å²) in [5, 5.41) is 17.2. The van der Waals surface area contributed by atoms with Gasteiger partial charge in [0.25, 0.3) is 0 Å². The van der Waals surface area contributed by atoms with Crippen LogP contribution in [0.2, 0.25) is 0 Å². The average Bonchev–Trinajstić information content (AvgIpc) is 3.18. The molecule has 4 heterocycles. The second-order valence-electron chi connectivity index (χ2n) is 9.35. The average molecular weight is 472 g/mol. The molecule has 0 amide bonds. The van der Waals surface area contributed by atoms with E-state index in [1.54, 1.807) is 10.7 Å². The van der Waals surface area contributed by atoms with E-state index in [0.717, 1.165) is 22.3 Å². The molecule has 0 unspecified atom stereocenters. The summed E-state index contributed by atoms with van der Waals surface area (Å²) >= 11 is 0. The van der Waals surface area contributed by atoms with E-state index in [2.05, 4.69) is 31.4 Å². The monoisotopic (exact) mass is 471 g/mol. The summed E-state index contributed by atoms with van der Waals surface area (Å²) in [6.07, 6.45) is 3.52. The molecular weight excluding hydrogens is 442 g/mol. The lowest BCUT2D eigenvalue weighted by atomic mass is 9.97. The molecule has 0 atom stereocenters. The summed E-state index contributed by atoms with van der Waals surface area (Å²) in [5.74, 6) is 3.15. The zero-order valence-electron chi connectivity index (χ0n) is 20.8. The van der Waals surface area contributed by atoms with Gasteiger partial charge in [-0.15, -0.1) is 0 Å². The minimum atomic E-state index is -0.627. The number of fused-ring (bicyclic) bond motifs is 1. The molecule has 0 radical (unpaired) electrons. The summed E-state index contributed by atoms with van der Waals surface area (Å²) in [4.78, 5) is 13.1. The highest BCUT2D eigenvalue weighted by molar-refractivity contribution is 5.75. The van der Waals surface area contributed by atoms with Gasteiger partial charge in [-0.25, -0.2) is 19.5 Å². The molecule has 35 heavy (non-hydrogen) atoms. The van der Waals surface area contributed by atoms with Gasteiger partial charge in [-0.1, -0.05) is 0 Å². The molecule has 0 saturated heterocycles. The van der Waals surface area contributed by atoms with E-state index < -0.39 is 5.41 Å². The van der Waals surface area contributed by atoms with Crippen molar-refractivity contribution in [1.29, 1.82) is 5.26 Å². The molecule has 9 heteroatoms. The third-order valence-corrected chi connectivity index (χ3v) is 5.09. The zero-order chi connectivity index (χ0) is 25.2. The largest absolute Gasteiger partial charge is 0.490 e. The maximum atomic E-state index is 9.37. The molecule has 0 aliphatic carbocycles. The first-order chi connectivity index (χ1) is 16.6. The highest BCUT2D eigenvalue weighted by atomic mass is 16.5. The quantitative estimate of drug-likeness (QED) is 0.370. The fourth-order valence-electron chi connectivity index (χ4n) is 3.50. The summed E-state index contributed by atoms with van der Waals surface area (Å²) in [6, 6.07) is 11.9. The van der Waals surface area contributed by atoms with Gasteiger partial charge in [0.15, 0.2) is 5.82 Å². The molecule has 0 bridgehead atoms. The minimum Gasteiger partial charge on any atom is -0.490 e. The van der Waals surface area contributed by atoms with Crippen molar-refractivity contribution in [3.8, 4) is 28.8 Å². The van der Waals surface area contributed by atoms with E-state index in [1.807, 2.05) is 78.1 Å². The number of hydrogen-bond donors (Lipinski definition) is 1. The van der Waals surface area contributed by atoms with E-state index in [4.69, 9.17) is 9.47 Å². The molecule has 4 aromatic rings. The molecule has 0 spiro atoms. The molecule has 4 aromatic heterocycles. The van der Waals surface area contributed by atoms with Crippen LogP contribution in [0.5, 0.6) is 11.6 Å². The van der Waals surface area contributed by atoms with E-state index in [-0.39, 0.29) is 12.7 Å². The lowest BCUT2D eigenvalue weighted by molar-refractivity contribution is 0.221. The minimum absolute atomic E-state index is 0.0142. The van der Waals surface area contributed by atoms with Gasteiger partial charge < -0.3 is 14.8 Å². The lowest BCUT2D eigenvalue weighted by Gasteiger charge is -2.19. The van der Waals surface area contributed by atoms with Crippen molar-refractivity contribution in [1.82, 2.24) is 24.6 Å². The number of rotatable bonds is 8. The standard InChI is InChI=1S/C26H29N7O2/c1-16(2)35-25-12-21(22(13-28-25)34-15-26(5,6)14-27)19-7-8-33-20(10-19)11-24(32-33)31-23-9-17(3)29-18(4)30-23/h7-13,16H,15H2,1-6H3,(H,29,30,31,32). The third-order valence-electron chi connectivity index (χ3n) is 5.09. The maximum absolute atomic E-state index is 9.37. The van der Waals surface area contributed by atoms with Gasteiger partial charge >= 0.3 is 0 Å². The molecule has 9 nitrogen and oxygen atoms in total. The van der Waals surface area contributed by atoms with Crippen molar-refractivity contribution in [2.75, 3.05) is 11.9 Å². The van der Waals surface area contributed by atoms with Crippen molar-refractivity contribution in [2.45, 2.75) is 47.6 Å². The van der Waals surface area contributed by atoms with Gasteiger partial charge in [0.1, 0.15) is 24.0 Å². The Balaban J connectivity index is 1.69. The normalized spacial score (nSPS) is 11.5. The van der Waals surface area contributed by atoms with Crippen LogP contribution in [0.25, 0.3) is 16.6 Å². The number of nitrogens with zero attached hydrogens (tertiary/aromatic N) is 6. The summed E-state index contributed by atoms with van der Waals surface area (Å²) in [7, 11) is 0. The van der Waals surface area contributed by atoms with Crippen LogP contribution in [0.1, 0.15) is 39.2 Å². The summed E-state index contributed by atoms with van der Waals surface area (Å²) in [6.45, 7) is 11.6. The maximum Gasteiger partial charge on any atom is 0.214 e. The molecule has 0 aliphatic heterocycles. The molecule has 1 N–H and O–H groups in total. The number of nitrogens with one attached hydrogen (secondary N) is 1. The first-order valence-electron chi connectivity index (χ1n) is 11.4. The topological polar surface area (TPSA) is 110 Å². The van der Waals surface area contributed by atoms with Crippen molar-refractivity contribution in [3.63, 3.8) is 0 Å². The number of nitriles is 1. The third kappa shape index (κ3) is 5.84.